The number of hydrogen-bond donors (Lipinski definition) is 1. The van der Waals surface area contributed by atoms with Crippen LogP contribution in [0.25, 0.3) is 11.1 Å². The van der Waals surface area contributed by atoms with Gasteiger partial charge in [-0.3, -0.25) is 8.51 Å². The molecule has 0 saturated heterocycles. The van der Waals surface area contributed by atoms with Gasteiger partial charge in [0.25, 0.3) is 0 Å². The zero-order chi connectivity index (χ0) is 18.7. The second-order valence-electron chi connectivity index (χ2n) is 5.42. The molecule has 0 fully saturated rings. The minimum atomic E-state index is -2.56. The summed E-state index contributed by atoms with van der Waals surface area (Å²) in [5.41, 5.74) is 2.76. The van der Waals surface area contributed by atoms with Gasteiger partial charge < -0.3 is 9.66 Å². The molecule has 0 radical (unpaired) electrons. The number of benzene rings is 3. The van der Waals surface area contributed by atoms with Crippen molar-refractivity contribution in [2.45, 2.75) is 0 Å². The van der Waals surface area contributed by atoms with Crippen LogP contribution >= 0.6 is 11.6 Å². The molecule has 3 aromatic carbocycles. The molecule has 5 nitrogen and oxygen atoms in total. The van der Waals surface area contributed by atoms with Gasteiger partial charge in [0.2, 0.25) is 0 Å². The summed E-state index contributed by atoms with van der Waals surface area (Å²) in [6.45, 7) is 0. The van der Waals surface area contributed by atoms with E-state index in [9.17, 15) is 13.6 Å². The molecule has 1 unspecified atom stereocenters. The summed E-state index contributed by atoms with van der Waals surface area (Å²) in [6, 6.07) is 19.9. The fraction of sp³-hybridized carbons (Fsp3) is 0. The van der Waals surface area contributed by atoms with Crippen molar-refractivity contribution in [3.8, 4) is 11.1 Å². The van der Waals surface area contributed by atoms with E-state index in [0.717, 1.165) is 15.4 Å². The van der Waals surface area contributed by atoms with Crippen molar-refractivity contribution in [3.63, 3.8) is 0 Å². The highest BCUT2D eigenvalue weighted by Gasteiger charge is 2.12. The monoisotopic (exact) mass is 386 g/mol. The fourth-order valence-corrected chi connectivity index (χ4v) is 3.21. The molecule has 0 saturated carbocycles. The van der Waals surface area contributed by atoms with Gasteiger partial charge in [0.15, 0.2) is 0 Å². The maximum atomic E-state index is 11.7. The molecule has 26 heavy (non-hydrogen) atoms. The number of carboxylic acids is 1. The predicted molar refractivity (Wildman–Crippen MR) is 101 cm³/mol. The van der Waals surface area contributed by atoms with Gasteiger partial charge in [-0.15, -0.1) is 0 Å². The van der Waals surface area contributed by atoms with E-state index < -0.39 is 17.2 Å². The minimum absolute atomic E-state index is 0.0865. The second-order valence-corrected chi connectivity index (χ2v) is 6.65. The molecule has 1 atom stereocenters. The number of hydrogen-bond acceptors (Lipinski definition) is 3. The number of halogens is 1. The Balaban J connectivity index is 1.92. The van der Waals surface area contributed by atoms with Crippen molar-refractivity contribution in [1.82, 2.24) is 0 Å². The normalized spacial score (nSPS) is 11.8. The number of carbonyl (C=O) groups is 1. The average Bonchev–Trinajstić information content (AvgIpc) is 2.63. The van der Waals surface area contributed by atoms with Crippen LogP contribution in [-0.2, 0) is 11.3 Å². The number of rotatable bonds is 5. The molecule has 0 aliphatic carbocycles. The third kappa shape index (κ3) is 3.94. The van der Waals surface area contributed by atoms with E-state index in [1.807, 2.05) is 24.3 Å². The summed E-state index contributed by atoms with van der Waals surface area (Å²) >= 11 is 3.33. The first-order valence-electron chi connectivity index (χ1n) is 7.54. The SMILES string of the molecule is O=C(O)c1ccc(N(c2ccc(-c3ccc(Cl)cc3)cc2)S(=O)[O-])cc1. The molecule has 0 aliphatic heterocycles. The standard InChI is InChI=1S/C19H14ClNO4S/c20-16-7-1-13(2-8-16)14-3-9-17(10-4-14)21(26(24)25)18-11-5-15(6-12-18)19(22)23/h1-12H,(H,22,23)(H,24,25)/p-1. The van der Waals surface area contributed by atoms with Gasteiger partial charge in [-0.2, -0.15) is 0 Å². The molecule has 0 aliphatic rings. The number of anilines is 2. The average molecular weight is 387 g/mol. The van der Waals surface area contributed by atoms with Crippen molar-refractivity contribution in [3.05, 3.63) is 83.4 Å². The molecule has 1 N–H and O–H groups in total. The zero-order valence-corrected chi connectivity index (χ0v) is 14.9. The maximum absolute atomic E-state index is 11.7. The minimum Gasteiger partial charge on any atom is -0.755 e. The third-order valence-corrected chi connectivity index (χ3v) is 4.75. The second kappa shape index (κ2) is 7.70. The Morgan fingerprint density at radius 3 is 1.69 bits per heavy atom. The lowest BCUT2D eigenvalue weighted by Crippen LogP contribution is -2.19. The quantitative estimate of drug-likeness (QED) is 0.648. The number of carboxylic acid groups (broad SMARTS) is 1. The highest BCUT2D eigenvalue weighted by atomic mass is 35.5. The molecular weight excluding hydrogens is 374 g/mol. The topological polar surface area (TPSA) is 80.7 Å². The Hall–Kier alpha value is -2.67. The predicted octanol–water partition coefficient (Wildman–Crippen LogP) is 4.64. The molecule has 0 bridgehead atoms. The number of nitrogens with zero attached hydrogens (tertiary/aromatic N) is 1. The molecule has 0 spiro atoms. The summed E-state index contributed by atoms with van der Waals surface area (Å²) in [5.74, 6) is -1.07. The lowest BCUT2D eigenvalue weighted by atomic mass is 10.1. The summed E-state index contributed by atoms with van der Waals surface area (Å²) in [6.07, 6.45) is 0. The van der Waals surface area contributed by atoms with Crippen molar-refractivity contribution >= 4 is 40.2 Å². The Labute approximate surface area is 157 Å². The van der Waals surface area contributed by atoms with Gasteiger partial charge in [0.1, 0.15) is 0 Å². The van der Waals surface area contributed by atoms with Crippen LogP contribution in [0.3, 0.4) is 0 Å². The van der Waals surface area contributed by atoms with Crippen LogP contribution in [0.5, 0.6) is 0 Å². The fourth-order valence-electron chi connectivity index (χ4n) is 2.49. The molecule has 3 rings (SSSR count). The van der Waals surface area contributed by atoms with E-state index in [-0.39, 0.29) is 5.56 Å². The Morgan fingerprint density at radius 1 is 0.846 bits per heavy atom. The Bertz CT molecular complexity index is 941. The molecule has 0 amide bonds. The zero-order valence-electron chi connectivity index (χ0n) is 13.3. The van der Waals surface area contributed by atoms with E-state index in [0.29, 0.717) is 16.4 Å². The first-order chi connectivity index (χ1) is 12.5. The maximum Gasteiger partial charge on any atom is 0.335 e. The highest BCUT2D eigenvalue weighted by molar-refractivity contribution is 7.81. The van der Waals surface area contributed by atoms with Gasteiger partial charge in [0.05, 0.1) is 28.2 Å². The first-order valence-corrected chi connectivity index (χ1v) is 8.95. The molecule has 0 heterocycles. The van der Waals surface area contributed by atoms with Gasteiger partial charge in [0, 0.05) is 5.02 Å². The van der Waals surface area contributed by atoms with Crippen LogP contribution in [0.1, 0.15) is 10.4 Å². The first kappa shape index (κ1) is 18.1. The smallest absolute Gasteiger partial charge is 0.335 e. The van der Waals surface area contributed by atoms with Gasteiger partial charge in [-0.05, 0) is 59.7 Å². The lowest BCUT2D eigenvalue weighted by molar-refractivity contribution is 0.0697. The third-order valence-electron chi connectivity index (χ3n) is 3.78. The highest BCUT2D eigenvalue weighted by Crippen LogP contribution is 2.30. The summed E-state index contributed by atoms with van der Waals surface area (Å²) in [5, 5.41) is 9.59. The largest absolute Gasteiger partial charge is 0.755 e. The lowest BCUT2D eigenvalue weighted by Gasteiger charge is -2.26. The molecule has 0 aromatic heterocycles. The van der Waals surface area contributed by atoms with Gasteiger partial charge in [-0.1, -0.05) is 35.9 Å². The van der Waals surface area contributed by atoms with E-state index >= 15 is 0 Å². The van der Waals surface area contributed by atoms with Gasteiger partial charge >= 0.3 is 5.97 Å². The van der Waals surface area contributed by atoms with Crippen LogP contribution < -0.4 is 4.31 Å². The molecule has 3 aromatic rings. The Kier molecular flexibility index (Phi) is 5.37. The van der Waals surface area contributed by atoms with Crippen LogP contribution in [-0.4, -0.2) is 19.8 Å². The van der Waals surface area contributed by atoms with Crippen LogP contribution in [0.15, 0.2) is 72.8 Å². The van der Waals surface area contributed by atoms with Crippen LogP contribution in [0, 0.1) is 0 Å². The van der Waals surface area contributed by atoms with Crippen molar-refractivity contribution in [2.24, 2.45) is 0 Å². The van der Waals surface area contributed by atoms with Crippen molar-refractivity contribution in [2.75, 3.05) is 4.31 Å². The Morgan fingerprint density at radius 2 is 1.27 bits per heavy atom. The summed E-state index contributed by atoms with van der Waals surface area (Å²) < 4.78 is 24.5. The molecule has 7 heteroatoms. The van der Waals surface area contributed by atoms with Crippen LogP contribution in [0.2, 0.25) is 5.02 Å². The van der Waals surface area contributed by atoms with E-state index in [2.05, 4.69) is 0 Å². The summed E-state index contributed by atoms with van der Waals surface area (Å²) in [7, 11) is 0. The molecular formula is C19H13ClNO4S-. The summed E-state index contributed by atoms with van der Waals surface area (Å²) in [4.78, 5) is 10.9. The van der Waals surface area contributed by atoms with E-state index in [4.69, 9.17) is 16.7 Å². The van der Waals surface area contributed by atoms with Crippen LogP contribution in [0.4, 0.5) is 11.4 Å². The van der Waals surface area contributed by atoms with Gasteiger partial charge in [-0.25, -0.2) is 4.79 Å². The van der Waals surface area contributed by atoms with Crippen molar-refractivity contribution in [1.29, 1.82) is 0 Å². The van der Waals surface area contributed by atoms with E-state index in [1.54, 1.807) is 24.3 Å². The number of aromatic carboxylic acids is 1. The molecule has 132 valence electrons. The van der Waals surface area contributed by atoms with Crippen molar-refractivity contribution < 1.29 is 18.7 Å². The van der Waals surface area contributed by atoms with E-state index in [1.165, 1.54) is 24.3 Å².